The summed E-state index contributed by atoms with van der Waals surface area (Å²) in [7, 11) is 0. The number of hydrogen-bond donors (Lipinski definition) is 2. The molecule has 7 nitrogen and oxygen atoms in total. The third-order valence-corrected chi connectivity index (χ3v) is 3.58. The first-order valence-electron chi connectivity index (χ1n) is 8.50. The van der Waals surface area contributed by atoms with Crippen LogP contribution in [0.5, 0.6) is 0 Å². The van der Waals surface area contributed by atoms with E-state index in [1.165, 1.54) is 0 Å². The Balaban J connectivity index is 2.51. The van der Waals surface area contributed by atoms with E-state index in [4.69, 9.17) is 15.2 Å². The maximum absolute atomic E-state index is 12.2. The smallest absolute Gasteiger partial charge is 0.338 e. The lowest BCUT2D eigenvalue weighted by Crippen LogP contribution is -2.55. The second-order valence-electron chi connectivity index (χ2n) is 7.13. The highest BCUT2D eigenvalue weighted by molar-refractivity contribution is 6.03. The highest BCUT2D eigenvalue weighted by Crippen LogP contribution is 2.17. The third-order valence-electron chi connectivity index (χ3n) is 3.58. The van der Waals surface area contributed by atoms with Gasteiger partial charge in [-0.2, -0.15) is 0 Å². The van der Waals surface area contributed by atoms with Crippen molar-refractivity contribution < 1.29 is 29.0 Å². The predicted molar refractivity (Wildman–Crippen MR) is 95.1 cm³/mol. The number of hydrogen-bond acceptors (Lipinski definition) is 6. The second kappa shape index (κ2) is 9.33. The van der Waals surface area contributed by atoms with Crippen LogP contribution < -0.4 is 5.73 Å². The molecule has 0 saturated heterocycles. The second-order valence-corrected chi connectivity index (χ2v) is 7.13. The van der Waals surface area contributed by atoms with Crippen LogP contribution in [0, 0.1) is 0 Å². The summed E-state index contributed by atoms with van der Waals surface area (Å²) in [5.74, 6) is -2.82. The van der Waals surface area contributed by atoms with Crippen LogP contribution >= 0.6 is 0 Å². The third kappa shape index (κ3) is 7.23. The maximum Gasteiger partial charge on any atom is 0.338 e. The molecular formula is C19H27NO6. The zero-order valence-corrected chi connectivity index (χ0v) is 15.5. The molecule has 3 N–H and O–H groups in total. The summed E-state index contributed by atoms with van der Waals surface area (Å²) in [5.41, 5.74) is 3.80. The molecule has 0 bridgehead atoms. The molecule has 0 aliphatic rings. The van der Waals surface area contributed by atoms with Crippen molar-refractivity contribution in [2.24, 2.45) is 5.73 Å². The number of rotatable bonds is 9. The first-order valence-corrected chi connectivity index (χ1v) is 8.50. The molecule has 1 unspecified atom stereocenters. The quantitative estimate of drug-likeness (QED) is 0.392. The highest BCUT2D eigenvalue weighted by atomic mass is 16.6. The van der Waals surface area contributed by atoms with Gasteiger partial charge >= 0.3 is 17.9 Å². The molecule has 1 aromatic rings. The molecule has 26 heavy (non-hydrogen) atoms. The molecule has 1 rings (SSSR count). The maximum atomic E-state index is 12.2. The molecule has 7 heteroatoms. The van der Waals surface area contributed by atoms with E-state index in [-0.39, 0.29) is 31.8 Å². The summed E-state index contributed by atoms with van der Waals surface area (Å²) in [6, 6.07) is 8.90. The van der Waals surface area contributed by atoms with E-state index < -0.39 is 23.1 Å². The number of carbonyl (C=O) groups excluding carboxylic acids is 2. The van der Waals surface area contributed by atoms with E-state index in [2.05, 4.69) is 0 Å². The Hall–Kier alpha value is -2.41. The van der Waals surface area contributed by atoms with Crippen molar-refractivity contribution in [1.82, 2.24) is 0 Å². The van der Waals surface area contributed by atoms with E-state index in [1.54, 1.807) is 45.0 Å². The van der Waals surface area contributed by atoms with Gasteiger partial charge in [-0.1, -0.05) is 30.3 Å². The number of nitrogens with two attached hydrogens (primary N) is 1. The SMILES string of the molecule is CC(C)(C)OC(=O)CCCCC(N)(C(=O)O)C(=O)OCc1ccccc1. The summed E-state index contributed by atoms with van der Waals surface area (Å²) < 4.78 is 10.2. The lowest BCUT2D eigenvalue weighted by Gasteiger charge is -2.23. The largest absolute Gasteiger partial charge is 0.479 e. The number of carboxylic acids is 1. The summed E-state index contributed by atoms with van der Waals surface area (Å²) in [6.07, 6.45) is 0.653. The molecule has 0 aliphatic heterocycles. The van der Waals surface area contributed by atoms with Gasteiger partial charge in [-0.3, -0.25) is 4.79 Å². The summed E-state index contributed by atoms with van der Waals surface area (Å²) in [6.45, 7) is 5.25. The van der Waals surface area contributed by atoms with Crippen LogP contribution in [0.15, 0.2) is 30.3 Å². The van der Waals surface area contributed by atoms with Crippen LogP contribution in [0.25, 0.3) is 0 Å². The first kappa shape index (κ1) is 21.6. The van der Waals surface area contributed by atoms with Gasteiger partial charge in [-0.15, -0.1) is 0 Å². The molecule has 0 aliphatic carbocycles. The van der Waals surface area contributed by atoms with E-state index in [9.17, 15) is 19.5 Å². The minimum Gasteiger partial charge on any atom is -0.479 e. The number of ether oxygens (including phenoxy) is 2. The molecule has 1 aromatic carbocycles. The first-order chi connectivity index (χ1) is 12.0. The minimum absolute atomic E-state index is 0.0518. The number of carboxylic acid groups (broad SMARTS) is 1. The van der Waals surface area contributed by atoms with Gasteiger partial charge in [0.25, 0.3) is 0 Å². The van der Waals surface area contributed by atoms with Crippen molar-refractivity contribution in [3.63, 3.8) is 0 Å². The van der Waals surface area contributed by atoms with Crippen molar-refractivity contribution in [2.45, 2.75) is 64.2 Å². The molecule has 1 atom stereocenters. The molecule has 0 saturated carbocycles. The van der Waals surface area contributed by atoms with Crippen LogP contribution in [0.2, 0.25) is 0 Å². The monoisotopic (exact) mass is 365 g/mol. The average molecular weight is 365 g/mol. The van der Waals surface area contributed by atoms with Gasteiger partial charge in [0.05, 0.1) is 0 Å². The standard InChI is InChI=1S/C19H27NO6/c1-18(2,3)26-15(21)11-7-8-12-19(20,16(22)23)17(24)25-13-14-9-5-4-6-10-14/h4-6,9-10H,7-8,11-13,20H2,1-3H3,(H,22,23). The summed E-state index contributed by atoms with van der Waals surface area (Å²) in [4.78, 5) is 35.3. The van der Waals surface area contributed by atoms with Gasteiger partial charge in [0.1, 0.15) is 12.2 Å². The van der Waals surface area contributed by atoms with Crippen LogP contribution in [-0.4, -0.2) is 34.2 Å². The molecule has 0 radical (unpaired) electrons. The van der Waals surface area contributed by atoms with Crippen LogP contribution in [0.3, 0.4) is 0 Å². The average Bonchev–Trinajstić information content (AvgIpc) is 2.55. The fourth-order valence-corrected chi connectivity index (χ4v) is 2.21. The molecule has 0 aromatic heterocycles. The topological polar surface area (TPSA) is 116 Å². The van der Waals surface area contributed by atoms with E-state index in [0.29, 0.717) is 6.42 Å². The molecule has 0 spiro atoms. The number of benzene rings is 1. The van der Waals surface area contributed by atoms with Crippen LogP contribution in [0.4, 0.5) is 0 Å². The van der Waals surface area contributed by atoms with Gasteiger partial charge in [-0.05, 0) is 45.6 Å². The van der Waals surface area contributed by atoms with Gasteiger partial charge in [0, 0.05) is 6.42 Å². The molecule has 144 valence electrons. The Morgan fingerprint density at radius 2 is 1.69 bits per heavy atom. The van der Waals surface area contributed by atoms with Crippen molar-refractivity contribution in [3.05, 3.63) is 35.9 Å². The Kier molecular flexibility index (Phi) is 7.76. The predicted octanol–water partition coefficient (Wildman–Crippen LogP) is 2.41. The van der Waals surface area contributed by atoms with E-state index >= 15 is 0 Å². The Morgan fingerprint density at radius 3 is 2.23 bits per heavy atom. The molecule has 0 heterocycles. The van der Waals surface area contributed by atoms with Gasteiger partial charge < -0.3 is 20.3 Å². The van der Waals surface area contributed by atoms with Crippen LogP contribution in [-0.2, 0) is 30.5 Å². The van der Waals surface area contributed by atoms with E-state index in [0.717, 1.165) is 5.56 Å². The lowest BCUT2D eigenvalue weighted by molar-refractivity contribution is -0.162. The Morgan fingerprint density at radius 1 is 1.08 bits per heavy atom. The molecular weight excluding hydrogens is 338 g/mol. The van der Waals surface area contributed by atoms with Crippen molar-refractivity contribution in [1.29, 1.82) is 0 Å². The van der Waals surface area contributed by atoms with Crippen molar-refractivity contribution >= 4 is 17.9 Å². The minimum atomic E-state index is -2.14. The Labute approximate surface area is 153 Å². The van der Waals surface area contributed by atoms with Crippen LogP contribution in [0.1, 0.15) is 52.0 Å². The fraction of sp³-hybridized carbons (Fsp3) is 0.526. The fourth-order valence-electron chi connectivity index (χ4n) is 2.21. The normalized spacial score (nSPS) is 13.5. The zero-order valence-electron chi connectivity index (χ0n) is 15.5. The molecule has 0 fully saturated rings. The summed E-state index contributed by atoms with van der Waals surface area (Å²) >= 11 is 0. The highest BCUT2D eigenvalue weighted by Gasteiger charge is 2.43. The lowest BCUT2D eigenvalue weighted by atomic mass is 9.93. The van der Waals surface area contributed by atoms with E-state index in [1.807, 2.05) is 6.07 Å². The number of esters is 2. The van der Waals surface area contributed by atoms with Crippen molar-refractivity contribution in [2.75, 3.05) is 0 Å². The zero-order chi connectivity index (χ0) is 19.8. The van der Waals surface area contributed by atoms with Gasteiger partial charge in [-0.25, -0.2) is 9.59 Å². The van der Waals surface area contributed by atoms with Crippen molar-refractivity contribution in [3.8, 4) is 0 Å². The number of aliphatic carboxylic acids is 1. The summed E-state index contributed by atoms with van der Waals surface area (Å²) in [5, 5.41) is 9.34. The van der Waals surface area contributed by atoms with Gasteiger partial charge in [0.2, 0.25) is 5.54 Å². The van der Waals surface area contributed by atoms with Gasteiger partial charge in [0.15, 0.2) is 0 Å². The number of carbonyl (C=O) groups is 3. The number of unbranched alkanes of at least 4 members (excludes halogenated alkanes) is 1. The molecule has 0 amide bonds. The Bertz CT molecular complexity index is 623.